The molecule has 0 aromatic heterocycles. The number of nitrogens with zero attached hydrogens (tertiary/aromatic N) is 1. The second-order valence-electron chi connectivity index (χ2n) is 5.15. The molecule has 0 spiro atoms. The highest BCUT2D eigenvalue weighted by molar-refractivity contribution is 5.02. The van der Waals surface area contributed by atoms with Gasteiger partial charge in [0.15, 0.2) is 0 Å². The number of nitrogens with one attached hydrogen (secondary N) is 1. The van der Waals surface area contributed by atoms with Crippen molar-refractivity contribution in [1.82, 2.24) is 5.32 Å². The molecule has 0 aromatic carbocycles. The molecule has 1 unspecified atom stereocenters. The molecule has 0 saturated carbocycles. The zero-order chi connectivity index (χ0) is 11.0. The summed E-state index contributed by atoms with van der Waals surface area (Å²) in [6, 6.07) is 0. The van der Waals surface area contributed by atoms with Crippen molar-refractivity contribution in [2.24, 2.45) is 5.92 Å². The highest BCUT2D eigenvalue weighted by Gasteiger charge is 2.44. The first-order valence-electron chi connectivity index (χ1n) is 4.80. The summed E-state index contributed by atoms with van der Waals surface area (Å²) in [7, 11) is 0. The summed E-state index contributed by atoms with van der Waals surface area (Å²) in [6.07, 6.45) is 0.897. The Kier molecular flexibility index (Phi) is 2.71. The molecule has 1 aliphatic heterocycles. The van der Waals surface area contributed by atoms with Gasteiger partial charge in [-0.3, -0.25) is 0 Å². The van der Waals surface area contributed by atoms with Gasteiger partial charge in [0.2, 0.25) is 0 Å². The van der Waals surface area contributed by atoms with Gasteiger partial charge in [0.25, 0.3) is 5.09 Å². The van der Waals surface area contributed by atoms with E-state index in [1.54, 1.807) is 0 Å². The molecule has 1 atom stereocenters. The molecular weight excluding hydrogens is 184 g/mol. The molecular formula is C9H18N2O3. The summed E-state index contributed by atoms with van der Waals surface area (Å²) in [5.74, 6) is 0.183. The minimum absolute atomic E-state index is 0.0358. The molecule has 0 aliphatic carbocycles. The van der Waals surface area contributed by atoms with Gasteiger partial charge in [0, 0.05) is 17.0 Å². The van der Waals surface area contributed by atoms with Crippen LogP contribution < -0.4 is 5.32 Å². The fourth-order valence-electron chi connectivity index (χ4n) is 2.31. The van der Waals surface area contributed by atoms with Crippen LogP contribution in [-0.2, 0) is 4.84 Å². The van der Waals surface area contributed by atoms with Gasteiger partial charge in [0.1, 0.15) is 6.61 Å². The van der Waals surface area contributed by atoms with Gasteiger partial charge in [-0.15, -0.1) is 10.1 Å². The fraction of sp³-hybridized carbons (Fsp3) is 1.00. The van der Waals surface area contributed by atoms with Crippen molar-refractivity contribution in [2.45, 2.75) is 45.2 Å². The lowest BCUT2D eigenvalue weighted by molar-refractivity contribution is -0.759. The molecule has 1 heterocycles. The third kappa shape index (κ3) is 2.57. The smallest absolute Gasteiger partial charge is 0.294 e. The molecule has 1 N–H and O–H groups in total. The van der Waals surface area contributed by atoms with Crippen LogP contribution in [0.15, 0.2) is 0 Å². The Morgan fingerprint density at radius 3 is 2.43 bits per heavy atom. The molecule has 5 nitrogen and oxygen atoms in total. The van der Waals surface area contributed by atoms with E-state index in [1.807, 2.05) is 0 Å². The Balaban J connectivity index is 2.57. The SMILES string of the molecule is CC1(C)CC(CO[N+](=O)[O-])C(C)(C)N1. The van der Waals surface area contributed by atoms with Gasteiger partial charge < -0.3 is 10.2 Å². The second kappa shape index (κ2) is 3.38. The van der Waals surface area contributed by atoms with Gasteiger partial charge in [-0.1, -0.05) is 0 Å². The maximum absolute atomic E-state index is 10.1. The summed E-state index contributed by atoms with van der Waals surface area (Å²) in [5, 5.41) is 12.8. The Labute approximate surface area is 83.9 Å². The van der Waals surface area contributed by atoms with Crippen LogP contribution in [-0.4, -0.2) is 22.8 Å². The summed E-state index contributed by atoms with van der Waals surface area (Å²) in [6.45, 7) is 8.48. The van der Waals surface area contributed by atoms with Gasteiger partial charge in [0.05, 0.1) is 0 Å². The van der Waals surface area contributed by atoms with E-state index in [0.29, 0.717) is 0 Å². The molecule has 1 rings (SSSR count). The van der Waals surface area contributed by atoms with Crippen molar-refractivity contribution in [1.29, 1.82) is 0 Å². The van der Waals surface area contributed by atoms with Crippen LogP contribution in [0.2, 0.25) is 0 Å². The normalized spacial score (nSPS) is 28.7. The van der Waals surface area contributed by atoms with Crippen LogP contribution >= 0.6 is 0 Å². The van der Waals surface area contributed by atoms with Gasteiger partial charge in [-0.2, -0.15) is 0 Å². The van der Waals surface area contributed by atoms with E-state index >= 15 is 0 Å². The van der Waals surface area contributed by atoms with E-state index < -0.39 is 5.09 Å². The third-order valence-electron chi connectivity index (χ3n) is 2.82. The Morgan fingerprint density at radius 2 is 2.07 bits per heavy atom. The summed E-state index contributed by atoms with van der Waals surface area (Å²) >= 11 is 0. The molecule has 1 fully saturated rings. The van der Waals surface area contributed by atoms with Gasteiger partial charge in [-0.25, -0.2) is 0 Å². The van der Waals surface area contributed by atoms with E-state index in [-0.39, 0.29) is 23.6 Å². The van der Waals surface area contributed by atoms with Crippen molar-refractivity contribution >= 4 is 0 Å². The van der Waals surface area contributed by atoms with E-state index in [9.17, 15) is 10.1 Å². The van der Waals surface area contributed by atoms with Crippen molar-refractivity contribution in [3.63, 3.8) is 0 Å². The largest absolute Gasteiger partial charge is 0.314 e. The summed E-state index contributed by atoms with van der Waals surface area (Å²) < 4.78 is 0. The topological polar surface area (TPSA) is 64.4 Å². The van der Waals surface area contributed by atoms with E-state index in [2.05, 4.69) is 37.8 Å². The van der Waals surface area contributed by atoms with Crippen molar-refractivity contribution < 1.29 is 9.92 Å². The van der Waals surface area contributed by atoms with Crippen LogP contribution in [0.3, 0.4) is 0 Å². The van der Waals surface area contributed by atoms with E-state index in [0.717, 1.165) is 6.42 Å². The molecule has 14 heavy (non-hydrogen) atoms. The zero-order valence-corrected chi connectivity index (χ0v) is 9.16. The molecule has 0 radical (unpaired) electrons. The van der Waals surface area contributed by atoms with Crippen molar-refractivity contribution in [2.75, 3.05) is 6.61 Å². The van der Waals surface area contributed by atoms with Crippen LogP contribution in [0.4, 0.5) is 0 Å². The monoisotopic (exact) mass is 202 g/mol. The predicted molar refractivity (Wildman–Crippen MR) is 52.3 cm³/mol. The maximum atomic E-state index is 10.1. The second-order valence-corrected chi connectivity index (χ2v) is 5.15. The first-order valence-corrected chi connectivity index (χ1v) is 4.80. The minimum Gasteiger partial charge on any atom is -0.314 e. The first-order chi connectivity index (χ1) is 6.23. The highest BCUT2D eigenvalue weighted by atomic mass is 16.9. The highest BCUT2D eigenvalue weighted by Crippen LogP contribution is 2.35. The molecule has 0 bridgehead atoms. The molecule has 1 aliphatic rings. The lowest BCUT2D eigenvalue weighted by Gasteiger charge is -2.27. The van der Waals surface area contributed by atoms with Crippen LogP contribution in [0.25, 0.3) is 0 Å². The summed E-state index contributed by atoms with van der Waals surface area (Å²) in [5.41, 5.74) is -0.0619. The molecule has 5 heteroatoms. The zero-order valence-electron chi connectivity index (χ0n) is 9.16. The molecule has 82 valence electrons. The van der Waals surface area contributed by atoms with Crippen molar-refractivity contribution in [3.8, 4) is 0 Å². The van der Waals surface area contributed by atoms with Crippen LogP contribution in [0.5, 0.6) is 0 Å². The standard InChI is InChI=1S/C9H18N2O3/c1-8(2)5-7(6-14-11(12)13)9(3,4)10-8/h7,10H,5-6H2,1-4H3. The Morgan fingerprint density at radius 1 is 1.50 bits per heavy atom. The van der Waals surface area contributed by atoms with Crippen LogP contribution in [0, 0.1) is 16.0 Å². The predicted octanol–water partition coefficient (Wildman–Crippen LogP) is 1.36. The molecule has 0 aromatic rings. The van der Waals surface area contributed by atoms with Gasteiger partial charge >= 0.3 is 0 Å². The number of rotatable bonds is 3. The molecule has 0 amide bonds. The average Bonchev–Trinajstić information content (AvgIpc) is 2.14. The lowest BCUT2D eigenvalue weighted by Crippen LogP contribution is -2.45. The molecule has 1 saturated heterocycles. The number of hydrogen-bond donors (Lipinski definition) is 1. The Bertz CT molecular complexity index is 238. The third-order valence-corrected chi connectivity index (χ3v) is 2.82. The first kappa shape index (κ1) is 11.2. The Hall–Kier alpha value is -0.840. The van der Waals surface area contributed by atoms with Crippen molar-refractivity contribution in [3.05, 3.63) is 10.1 Å². The quantitative estimate of drug-likeness (QED) is 0.554. The van der Waals surface area contributed by atoms with Gasteiger partial charge in [-0.05, 0) is 34.1 Å². The fourth-order valence-corrected chi connectivity index (χ4v) is 2.31. The summed E-state index contributed by atoms with van der Waals surface area (Å²) in [4.78, 5) is 14.5. The van der Waals surface area contributed by atoms with Crippen LogP contribution in [0.1, 0.15) is 34.1 Å². The average molecular weight is 202 g/mol. The van der Waals surface area contributed by atoms with E-state index in [4.69, 9.17) is 0 Å². The van der Waals surface area contributed by atoms with E-state index in [1.165, 1.54) is 0 Å². The minimum atomic E-state index is -0.721. The number of hydrogen-bond acceptors (Lipinski definition) is 4. The maximum Gasteiger partial charge on any atom is 0.294 e. The lowest BCUT2D eigenvalue weighted by atomic mass is 9.88.